The highest BCUT2D eigenvalue weighted by Gasteiger charge is 2.46. The Morgan fingerprint density at radius 2 is 1.91 bits per heavy atom. The van der Waals surface area contributed by atoms with Crippen molar-refractivity contribution in [3.8, 4) is 0 Å². The Bertz CT molecular complexity index is 1000. The lowest BCUT2D eigenvalue weighted by Crippen LogP contribution is -2.51. The van der Waals surface area contributed by atoms with Crippen LogP contribution < -0.4 is 21.9 Å². The zero-order valence-corrected chi connectivity index (χ0v) is 20.5. The zero-order valence-electron chi connectivity index (χ0n) is 20.5. The Kier molecular flexibility index (Phi) is 8.53. The van der Waals surface area contributed by atoms with Crippen LogP contribution in [0.2, 0.25) is 0 Å². The molecule has 0 radical (unpaired) electrons. The van der Waals surface area contributed by atoms with Crippen molar-refractivity contribution in [1.82, 2.24) is 14.5 Å². The number of rotatable bonds is 9. The average Bonchev–Trinajstić information content (AvgIpc) is 3.16. The third-order valence-electron chi connectivity index (χ3n) is 6.86. The normalized spacial score (nSPS) is 22.6. The van der Waals surface area contributed by atoms with Crippen molar-refractivity contribution in [3.63, 3.8) is 0 Å². The van der Waals surface area contributed by atoms with E-state index < -0.39 is 17.3 Å². The number of H-pyrrole nitrogens is 1. The number of nitrogens with two attached hydrogens (primary N) is 1. The van der Waals surface area contributed by atoms with Gasteiger partial charge in [-0.3, -0.25) is 28.8 Å². The van der Waals surface area contributed by atoms with Gasteiger partial charge in [0.1, 0.15) is 11.9 Å². The van der Waals surface area contributed by atoms with Gasteiger partial charge in [-0.15, -0.1) is 0 Å². The second-order valence-electron chi connectivity index (χ2n) is 9.59. The minimum absolute atomic E-state index is 0.0617. The third-order valence-corrected chi connectivity index (χ3v) is 6.86. The molecule has 1 saturated carbocycles. The predicted molar refractivity (Wildman–Crippen MR) is 128 cm³/mol. The quantitative estimate of drug-likeness (QED) is 0.490. The van der Waals surface area contributed by atoms with E-state index in [2.05, 4.69) is 4.98 Å². The molecule has 2 fully saturated rings. The van der Waals surface area contributed by atoms with E-state index in [0.717, 1.165) is 25.7 Å². The second-order valence-corrected chi connectivity index (χ2v) is 9.59. The fourth-order valence-corrected chi connectivity index (χ4v) is 5.32. The van der Waals surface area contributed by atoms with Crippen molar-refractivity contribution in [1.29, 1.82) is 0 Å². The Balaban J connectivity index is 1.97. The van der Waals surface area contributed by atoms with Gasteiger partial charge in [-0.1, -0.05) is 26.7 Å². The summed E-state index contributed by atoms with van der Waals surface area (Å²) in [6.45, 7) is 4.32. The minimum atomic E-state index is -0.728. The fourth-order valence-electron chi connectivity index (χ4n) is 5.32. The zero-order chi connectivity index (χ0) is 25.0. The number of ether oxygens (including phenoxy) is 2. The molecule has 34 heavy (non-hydrogen) atoms. The molecule has 1 aromatic rings. The number of nitrogens with one attached hydrogen (secondary N) is 1. The summed E-state index contributed by atoms with van der Waals surface area (Å²) < 4.78 is 11.5. The van der Waals surface area contributed by atoms with Crippen molar-refractivity contribution < 1.29 is 19.1 Å². The largest absolute Gasteiger partial charge is 0.468 e. The van der Waals surface area contributed by atoms with E-state index in [9.17, 15) is 19.2 Å². The van der Waals surface area contributed by atoms with Crippen LogP contribution in [0.1, 0.15) is 46.0 Å². The van der Waals surface area contributed by atoms with Gasteiger partial charge in [0.05, 0.1) is 20.3 Å². The smallest absolute Gasteiger partial charge is 0.330 e. The molecule has 1 amide bonds. The Labute approximate surface area is 199 Å². The number of aromatic nitrogens is 2. The lowest BCUT2D eigenvalue weighted by molar-refractivity contribution is -0.146. The molecule has 1 aliphatic carbocycles. The maximum Gasteiger partial charge on any atom is 0.330 e. The van der Waals surface area contributed by atoms with E-state index in [4.69, 9.17) is 15.2 Å². The van der Waals surface area contributed by atoms with E-state index >= 15 is 0 Å². The number of methoxy groups -OCH3 is 2. The van der Waals surface area contributed by atoms with Crippen molar-refractivity contribution in [2.45, 2.75) is 64.6 Å². The molecule has 3 atom stereocenters. The number of carbonyl (C=O) groups excluding carboxylic acids is 2. The van der Waals surface area contributed by atoms with Gasteiger partial charge in [0.2, 0.25) is 5.91 Å². The van der Waals surface area contributed by atoms with Crippen LogP contribution in [0.3, 0.4) is 0 Å². The first-order valence-corrected chi connectivity index (χ1v) is 11.9. The van der Waals surface area contributed by atoms with Crippen LogP contribution in [0.25, 0.3) is 0 Å². The lowest BCUT2D eigenvalue weighted by atomic mass is 9.85. The molecule has 3 rings (SSSR count). The lowest BCUT2D eigenvalue weighted by Gasteiger charge is -2.34. The van der Waals surface area contributed by atoms with Crippen LogP contribution in [0.4, 0.5) is 11.5 Å². The summed E-state index contributed by atoms with van der Waals surface area (Å²) in [5.41, 5.74) is 4.86. The highest BCUT2D eigenvalue weighted by atomic mass is 16.5. The van der Waals surface area contributed by atoms with E-state index in [1.54, 1.807) is 0 Å². The van der Waals surface area contributed by atoms with Crippen molar-refractivity contribution >= 4 is 23.4 Å². The van der Waals surface area contributed by atoms with Crippen LogP contribution in [0.5, 0.6) is 0 Å². The number of hydrogen-bond donors (Lipinski definition) is 2. The van der Waals surface area contributed by atoms with Crippen LogP contribution in [0, 0.1) is 11.8 Å². The molecule has 0 aromatic carbocycles. The second kappa shape index (κ2) is 11.2. The van der Waals surface area contributed by atoms with E-state index in [1.807, 2.05) is 18.7 Å². The van der Waals surface area contributed by atoms with E-state index in [1.165, 1.54) is 23.7 Å². The molecule has 3 N–H and O–H groups in total. The molecular formula is C23H37N5O6. The molecule has 1 saturated heterocycles. The maximum absolute atomic E-state index is 13.6. The number of nitrogen functional groups attached to an aromatic ring is 1. The van der Waals surface area contributed by atoms with Gasteiger partial charge in [-0.25, -0.2) is 4.79 Å². The van der Waals surface area contributed by atoms with Crippen molar-refractivity contribution in [2.75, 3.05) is 44.5 Å². The van der Waals surface area contributed by atoms with Crippen molar-refractivity contribution in [2.24, 2.45) is 11.8 Å². The molecular weight excluding hydrogens is 442 g/mol. The summed E-state index contributed by atoms with van der Waals surface area (Å²) in [5, 5.41) is 0. The van der Waals surface area contributed by atoms with Gasteiger partial charge in [0.15, 0.2) is 5.69 Å². The number of anilines is 2. The molecule has 2 heterocycles. The maximum atomic E-state index is 13.6. The number of carbonyl (C=O) groups is 2. The number of amides is 1. The number of fused-ring (bicyclic) bond motifs is 1. The molecule has 11 nitrogen and oxygen atoms in total. The van der Waals surface area contributed by atoms with Crippen molar-refractivity contribution in [3.05, 3.63) is 20.8 Å². The molecule has 11 heteroatoms. The Morgan fingerprint density at radius 3 is 2.56 bits per heavy atom. The molecule has 3 unspecified atom stereocenters. The molecule has 1 aliphatic heterocycles. The number of esters is 1. The van der Waals surface area contributed by atoms with Gasteiger partial charge in [-0.05, 0) is 31.1 Å². The van der Waals surface area contributed by atoms with Gasteiger partial charge < -0.3 is 20.1 Å². The van der Waals surface area contributed by atoms with Gasteiger partial charge >= 0.3 is 11.7 Å². The van der Waals surface area contributed by atoms with Crippen LogP contribution in [0.15, 0.2) is 9.59 Å². The van der Waals surface area contributed by atoms with Gasteiger partial charge in [0.25, 0.3) is 5.56 Å². The minimum Gasteiger partial charge on any atom is -0.468 e. The summed E-state index contributed by atoms with van der Waals surface area (Å²) >= 11 is 0. The Morgan fingerprint density at radius 1 is 1.21 bits per heavy atom. The predicted octanol–water partition coefficient (Wildman–Crippen LogP) is 0.560. The SMILES string of the molecule is COCCN(C(=O)CN1C(C(=O)OC)CC2CCCCC21)c1c(N)n(CC(C)C)c(=O)[nH]c1=O. The highest BCUT2D eigenvalue weighted by Crippen LogP contribution is 2.40. The van der Waals surface area contributed by atoms with Gasteiger partial charge in [0, 0.05) is 26.2 Å². The molecule has 190 valence electrons. The van der Waals surface area contributed by atoms with Crippen LogP contribution in [-0.4, -0.2) is 72.3 Å². The molecule has 0 bridgehead atoms. The monoisotopic (exact) mass is 479 g/mol. The number of aromatic amines is 1. The fraction of sp³-hybridized carbons (Fsp3) is 0.739. The topological polar surface area (TPSA) is 140 Å². The van der Waals surface area contributed by atoms with E-state index in [0.29, 0.717) is 18.9 Å². The standard InChI is InChI=1S/C23H37N5O6/c1-14(2)12-28-20(24)19(21(30)25-23(28)32)26(9-10-33-3)18(29)13-27-16-8-6-5-7-15(16)11-17(27)22(31)34-4/h14-17H,5-13,24H2,1-4H3,(H,25,30,32). The molecule has 0 spiro atoms. The summed E-state index contributed by atoms with van der Waals surface area (Å²) in [7, 11) is 2.85. The summed E-state index contributed by atoms with van der Waals surface area (Å²) in [4.78, 5) is 56.9. The summed E-state index contributed by atoms with van der Waals surface area (Å²) in [5.74, 6) is -0.374. The van der Waals surface area contributed by atoms with Crippen LogP contribution in [-0.2, 0) is 25.6 Å². The number of nitrogens with zero attached hydrogens (tertiary/aromatic N) is 3. The summed E-state index contributed by atoms with van der Waals surface area (Å²) in [6, 6.07) is -0.395. The first-order valence-electron chi connectivity index (χ1n) is 11.9. The first-order chi connectivity index (χ1) is 16.2. The number of hydrogen-bond acceptors (Lipinski definition) is 8. The summed E-state index contributed by atoms with van der Waals surface area (Å²) in [6.07, 6.45) is 4.74. The van der Waals surface area contributed by atoms with Gasteiger partial charge in [-0.2, -0.15) is 0 Å². The average molecular weight is 480 g/mol. The highest BCUT2D eigenvalue weighted by molar-refractivity contribution is 5.97. The van der Waals surface area contributed by atoms with Crippen LogP contribution >= 0.6 is 0 Å². The molecule has 1 aromatic heterocycles. The third kappa shape index (κ3) is 5.35. The van der Waals surface area contributed by atoms with E-state index in [-0.39, 0.29) is 55.0 Å². The first kappa shape index (κ1) is 26.0. The Hall–Kier alpha value is -2.66. The molecule has 2 aliphatic rings. The number of likely N-dealkylation sites (tertiary alicyclic amines) is 1.